The van der Waals surface area contributed by atoms with Crippen molar-refractivity contribution in [1.82, 2.24) is 0 Å². The van der Waals surface area contributed by atoms with Crippen molar-refractivity contribution in [3.63, 3.8) is 0 Å². The highest BCUT2D eigenvalue weighted by atomic mass is 16.6. The van der Waals surface area contributed by atoms with Crippen LogP contribution in [-0.2, 0) is 0 Å². The zero-order chi connectivity index (χ0) is 37.7. The van der Waals surface area contributed by atoms with Gasteiger partial charge in [-0.25, -0.2) is 9.69 Å². The number of hydrogen-bond acceptors (Lipinski definition) is 12. The minimum Gasteiger partial charge on any atom is -0.330 e. The van der Waals surface area contributed by atoms with Gasteiger partial charge in [-0.05, 0) is 48.5 Å². The SMILES string of the molecule is [C-]#[N+]c1cc([N+](=O)[O-])ccc1N(c1ccc(N(c2ccc([N+](=O)[O-])cc2C#N)c2ccc([N+](=O)[O-])cc2C#N)cc1)c1ccc([N+](=O)[O-])cc1[N+]#[C-]. The molecule has 0 aliphatic rings. The summed E-state index contributed by atoms with van der Waals surface area (Å²) in [6, 6.07) is 23.5. The molecule has 0 N–H and O–H groups in total. The highest BCUT2D eigenvalue weighted by Gasteiger charge is 2.26. The molecule has 0 bridgehead atoms. The van der Waals surface area contributed by atoms with E-state index in [1.165, 1.54) is 58.3 Å². The van der Waals surface area contributed by atoms with Gasteiger partial charge in [0.15, 0.2) is 0 Å². The van der Waals surface area contributed by atoms with Gasteiger partial charge in [0.1, 0.15) is 12.1 Å². The van der Waals surface area contributed by atoms with E-state index in [0.29, 0.717) is 0 Å². The average Bonchev–Trinajstić information content (AvgIpc) is 3.15. The zero-order valence-corrected chi connectivity index (χ0v) is 26.0. The number of nitro benzene ring substituents is 4. The van der Waals surface area contributed by atoms with E-state index in [0.717, 1.165) is 48.5 Å². The number of benzene rings is 5. The van der Waals surface area contributed by atoms with Crippen LogP contribution >= 0.6 is 0 Å². The van der Waals surface area contributed by atoms with Crippen molar-refractivity contribution in [1.29, 1.82) is 10.5 Å². The number of nitro groups is 4. The molecule has 0 amide bonds. The maximum absolute atomic E-state index is 11.5. The number of anilines is 6. The summed E-state index contributed by atoms with van der Waals surface area (Å²) in [4.78, 5) is 52.8. The second kappa shape index (κ2) is 14.2. The lowest BCUT2D eigenvalue weighted by Gasteiger charge is -2.30. The number of nitrogens with zero attached hydrogens (tertiary/aromatic N) is 10. The lowest BCUT2D eigenvalue weighted by molar-refractivity contribution is -0.385. The summed E-state index contributed by atoms with van der Waals surface area (Å²) in [6.45, 7) is 15.5. The van der Waals surface area contributed by atoms with Crippen LogP contribution in [0.2, 0.25) is 0 Å². The quantitative estimate of drug-likeness (QED) is 0.0756. The Labute approximate surface area is 291 Å². The van der Waals surface area contributed by atoms with Crippen molar-refractivity contribution in [2.45, 2.75) is 0 Å². The van der Waals surface area contributed by atoms with Crippen LogP contribution in [0.1, 0.15) is 11.1 Å². The zero-order valence-electron chi connectivity index (χ0n) is 26.0. The van der Waals surface area contributed by atoms with E-state index >= 15 is 0 Å². The first-order chi connectivity index (χ1) is 24.9. The van der Waals surface area contributed by atoms with Crippen LogP contribution in [0, 0.1) is 76.3 Å². The molecule has 18 nitrogen and oxygen atoms in total. The summed E-state index contributed by atoms with van der Waals surface area (Å²) >= 11 is 0. The smallest absolute Gasteiger partial charge is 0.270 e. The van der Waals surface area contributed by atoms with Gasteiger partial charge in [-0.3, -0.25) is 40.5 Å². The van der Waals surface area contributed by atoms with Crippen molar-refractivity contribution < 1.29 is 19.7 Å². The summed E-state index contributed by atoms with van der Waals surface area (Å²) in [6.07, 6.45) is 0. The van der Waals surface area contributed by atoms with Gasteiger partial charge in [-0.2, -0.15) is 10.5 Å². The highest BCUT2D eigenvalue weighted by Crippen LogP contribution is 2.47. The molecule has 0 radical (unpaired) electrons. The highest BCUT2D eigenvalue weighted by molar-refractivity contribution is 5.92. The summed E-state index contributed by atoms with van der Waals surface area (Å²) in [7, 11) is 0. The number of nitriles is 2. The fourth-order valence-electron chi connectivity index (χ4n) is 5.22. The Bertz CT molecular complexity index is 2190. The van der Waals surface area contributed by atoms with E-state index in [9.17, 15) is 51.0 Å². The lowest BCUT2D eigenvalue weighted by Crippen LogP contribution is -2.14. The third-order valence-corrected chi connectivity index (χ3v) is 7.53. The van der Waals surface area contributed by atoms with Gasteiger partial charge in [0, 0.05) is 59.9 Å². The molecular formula is C34H16N10O8. The number of non-ortho nitro benzene ring substituents is 4. The van der Waals surface area contributed by atoms with Crippen LogP contribution in [0.15, 0.2) is 97.1 Å². The molecule has 250 valence electrons. The Morgan fingerprint density at radius 2 is 0.769 bits per heavy atom. The second-order valence-corrected chi connectivity index (χ2v) is 10.4. The Morgan fingerprint density at radius 1 is 0.481 bits per heavy atom. The summed E-state index contributed by atoms with van der Waals surface area (Å²) in [5, 5.41) is 66.0. The van der Waals surface area contributed by atoms with Gasteiger partial charge in [0.05, 0.1) is 66.7 Å². The van der Waals surface area contributed by atoms with Gasteiger partial charge < -0.3 is 9.80 Å². The van der Waals surface area contributed by atoms with E-state index in [2.05, 4.69) is 9.69 Å². The molecule has 0 heterocycles. The standard InChI is InChI=1S/C34H16N10O8/c1-37-29-17-27(43(49)50)9-13-33(29)40(34-14-10-28(44(51)52)18-30(34)38-2)24-5-3-23(4-6-24)39(31-11-7-25(41(45)46)15-21(31)19-35)32-12-8-26(42(47)48)16-22(32)20-36/h3-18H. The maximum atomic E-state index is 11.5. The van der Waals surface area contributed by atoms with Crippen molar-refractivity contribution in [3.05, 3.63) is 171 Å². The van der Waals surface area contributed by atoms with Crippen molar-refractivity contribution in [3.8, 4) is 12.1 Å². The van der Waals surface area contributed by atoms with Crippen LogP contribution in [0.5, 0.6) is 0 Å². The predicted octanol–water partition coefficient (Wildman–Crippen LogP) is 9.10. The van der Waals surface area contributed by atoms with E-state index in [-0.39, 0.29) is 68.0 Å². The first kappa shape index (κ1) is 34.6. The molecular weight excluding hydrogens is 676 g/mol. The maximum Gasteiger partial charge on any atom is 0.270 e. The minimum absolute atomic E-state index is 0.0689. The first-order valence-electron chi connectivity index (χ1n) is 14.3. The van der Waals surface area contributed by atoms with Crippen LogP contribution in [0.3, 0.4) is 0 Å². The molecule has 0 atom stereocenters. The average molecular weight is 693 g/mol. The molecule has 0 saturated carbocycles. The molecule has 0 unspecified atom stereocenters. The van der Waals surface area contributed by atoms with Gasteiger partial charge in [0.2, 0.25) is 11.4 Å². The van der Waals surface area contributed by atoms with Crippen molar-refractivity contribution >= 4 is 68.2 Å². The van der Waals surface area contributed by atoms with E-state index < -0.39 is 31.1 Å². The third kappa shape index (κ3) is 6.52. The fraction of sp³-hybridized carbons (Fsp3) is 0. The Kier molecular flexibility index (Phi) is 9.42. The number of rotatable bonds is 10. The van der Waals surface area contributed by atoms with Gasteiger partial charge in [-0.1, -0.05) is 0 Å². The predicted molar refractivity (Wildman–Crippen MR) is 184 cm³/mol. The Morgan fingerprint density at radius 3 is 1.06 bits per heavy atom. The fourth-order valence-corrected chi connectivity index (χ4v) is 5.22. The lowest BCUT2D eigenvalue weighted by atomic mass is 10.1. The largest absolute Gasteiger partial charge is 0.330 e. The normalized spacial score (nSPS) is 10.1. The molecule has 18 heteroatoms. The number of hydrogen-bond donors (Lipinski definition) is 0. The molecule has 0 aromatic heterocycles. The van der Waals surface area contributed by atoms with Gasteiger partial charge in [-0.15, -0.1) is 0 Å². The van der Waals surface area contributed by atoms with Gasteiger partial charge in [0.25, 0.3) is 22.7 Å². The third-order valence-electron chi connectivity index (χ3n) is 7.53. The molecule has 0 saturated heterocycles. The van der Waals surface area contributed by atoms with E-state index in [1.54, 1.807) is 0 Å². The molecule has 52 heavy (non-hydrogen) atoms. The van der Waals surface area contributed by atoms with Crippen LogP contribution in [0.4, 0.5) is 68.2 Å². The molecule has 0 aliphatic heterocycles. The summed E-state index contributed by atoms with van der Waals surface area (Å²) in [5.74, 6) is 0. The molecule has 5 aromatic carbocycles. The molecule has 0 fully saturated rings. The van der Waals surface area contributed by atoms with Crippen LogP contribution in [-0.4, -0.2) is 19.7 Å². The first-order valence-corrected chi connectivity index (χ1v) is 14.3. The van der Waals surface area contributed by atoms with Gasteiger partial charge >= 0.3 is 0 Å². The summed E-state index contributed by atoms with van der Waals surface area (Å²) < 4.78 is 0. The monoisotopic (exact) mass is 692 g/mol. The Hall–Kier alpha value is -8.74. The molecule has 0 aliphatic carbocycles. The molecule has 5 rings (SSSR count). The van der Waals surface area contributed by atoms with Crippen LogP contribution in [0.25, 0.3) is 9.69 Å². The van der Waals surface area contributed by atoms with Crippen molar-refractivity contribution in [2.75, 3.05) is 9.80 Å². The Balaban J connectivity index is 1.77. The van der Waals surface area contributed by atoms with E-state index in [4.69, 9.17) is 13.1 Å². The molecule has 0 spiro atoms. The van der Waals surface area contributed by atoms with Crippen LogP contribution < -0.4 is 9.80 Å². The molecule has 5 aromatic rings. The van der Waals surface area contributed by atoms with E-state index in [1.807, 2.05) is 12.1 Å². The second-order valence-electron chi connectivity index (χ2n) is 10.4. The topological polar surface area (TPSA) is 235 Å². The minimum atomic E-state index is -0.698. The summed E-state index contributed by atoms with van der Waals surface area (Å²) in [5.41, 5.74) is -1.53. The van der Waals surface area contributed by atoms with Crippen molar-refractivity contribution in [2.24, 2.45) is 0 Å².